The number of fused-ring (bicyclic) bond motifs is 1. The van der Waals surface area contributed by atoms with Crippen molar-refractivity contribution in [2.75, 3.05) is 20.8 Å². The number of hydrogen-bond acceptors (Lipinski definition) is 6. The summed E-state index contributed by atoms with van der Waals surface area (Å²) >= 11 is 0. The molecule has 0 fully saturated rings. The van der Waals surface area contributed by atoms with Gasteiger partial charge in [0, 0.05) is 24.1 Å². The van der Waals surface area contributed by atoms with Crippen LogP contribution in [-0.4, -0.2) is 45.2 Å². The number of likely N-dealkylation sites (N-methyl/N-ethyl adjacent to an activating group) is 1. The zero-order valence-corrected chi connectivity index (χ0v) is 21.7. The topological polar surface area (TPSA) is 102 Å². The van der Waals surface area contributed by atoms with Crippen LogP contribution >= 0.6 is 0 Å². The van der Waals surface area contributed by atoms with Crippen LogP contribution in [0.4, 0.5) is 0 Å². The molecule has 9 heteroatoms. The second-order valence-corrected chi connectivity index (χ2v) is 10.2. The largest absolute Gasteiger partial charge is 0.493 e. The number of nitrogens with zero attached hydrogens (tertiary/aromatic N) is 1. The van der Waals surface area contributed by atoms with Crippen molar-refractivity contribution in [1.82, 2.24) is 9.62 Å². The van der Waals surface area contributed by atoms with Gasteiger partial charge in [-0.3, -0.25) is 13.9 Å². The van der Waals surface area contributed by atoms with E-state index >= 15 is 0 Å². The minimum absolute atomic E-state index is 0.0234. The Hall–Kier alpha value is -4.11. The van der Waals surface area contributed by atoms with Crippen molar-refractivity contribution in [2.24, 2.45) is 0 Å². The Morgan fingerprint density at radius 1 is 0.892 bits per heavy atom. The molecule has 1 N–H and O–H groups in total. The molecule has 0 atom stereocenters. The van der Waals surface area contributed by atoms with Crippen LogP contribution in [0.3, 0.4) is 0 Å². The second-order valence-electron chi connectivity index (χ2n) is 8.32. The van der Waals surface area contributed by atoms with E-state index in [1.165, 1.54) is 6.07 Å². The van der Waals surface area contributed by atoms with Crippen molar-refractivity contribution >= 4 is 27.4 Å². The molecule has 0 bridgehead atoms. The van der Waals surface area contributed by atoms with Gasteiger partial charge in [-0.25, -0.2) is 8.42 Å². The third kappa shape index (κ3) is 5.08. The van der Waals surface area contributed by atoms with E-state index in [1.54, 1.807) is 81.8 Å². The van der Waals surface area contributed by atoms with Crippen molar-refractivity contribution < 1.29 is 27.5 Å². The molecule has 0 saturated heterocycles. The summed E-state index contributed by atoms with van der Waals surface area (Å²) in [6.07, 6.45) is 0.506. The Balaban J connectivity index is 1.72. The molecule has 0 aliphatic carbocycles. The first-order valence-electron chi connectivity index (χ1n) is 11.8. The SMILES string of the molecule is CCN1C(C(=O)c2ccccc2)=C(NC(=O)CCc2ccc(OC)c(OC)c2)c2ccccc2S1(=O)=O. The number of ketones is 1. The normalized spacial score (nSPS) is 14.1. The van der Waals surface area contributed by atoms with E-state index in [9.17, 15) is 18.0 Å². The van der Waals surface area contributed by atoms with Gasteiger partial charge in [-0.05, 0) is 37.1 Å². The molecule has 0 aromatic heterocycles. The number of ether oxygens (including phenoxy) is 2. The van der Waals surface area contributed by atoms with Crippen LogP contribution in [0.1, 0.15) is 34.8 Å². The van der Waals surface area contributed by atoms with Crippen LogP contribution < -0.4 is 14.8 Å². The van der Waals surface area contributed by atoms with Crippen LogP contribution in [0.5, 0.6) is 11.5 Å². The summed E-state index contributed by atoms with van der Waals surface area (Å²) in [5.74, 6) is 0.303. The summed E-state index contributed by atoms with van der Waals surface area (Å²) in [5, 5.41) is 2.86. The summed E-state index contributed by atoms with van der Waals surface area (Å²) in [6.45, 7) is 1.68. The zero-order chi connectivity index (χ0) is 26.6. The van der Waals surface area contributed by atoms with Crippen LogP contribution in [0.15, 0.2) is 83.4 Å². The average molecular weight is 521 g/mol. The molecule has 37 heavy (non-hydrogen) atoms. The molecule has 8 nitrogen and oxygen atoms in total. The lowest BCUT2D eigenvalue weighted by atomic mass is 10.0. The minimum Gasteiger partial charge on any atom is -0.493 e. The molecule has 0 spiro atoms. The number of hydrogen-bond donors (Lipinski definition) is 1. The van der Waals surface area contributed by atoms with E-state index in [0.29, 0.717) is 23.5 Å². The third-order valence-electron chi connectivity index (χ3n) is 6.10. The number of Topliss-reactive ketones (excluding diaryl/α,β-unsaturated/α-hetero) is 1. The third-order valence-corrected chi connectivity index (χ3v) is 8.03. The van der Waals surface area contributed by atoms with E-state index in [1.807, 2.05) is 6.07 Å². The maximum Gasteiger partial charge on any atom is 0.265 e. The smallest absolute Gasteiger partial charge is 0.265 e. The first kappa shape index (κ1) is 26.0. The Bertz CT molecular complexity index is 1460. The van der Waals surface area contributed by atoms with Crippen molar-refractivity contribution in [1.29, 1.82) is 0 Å². The molecular formula is C28H28N2O6S. The number of nitrogens with one attached hydrogen (secondary N) is 1. The second kappa shape index (κ2) is 10.9. The number of allylic oxidation sites excluding steroid dienone is 1. The Kier molecular flexibility index (Phi) is 7.63. The summed E-state index contributed by atoms with van der Waals surface area (Å²) in [6, 6.07) is 20.2. The number of sulfonamides is 1. The van der Waals surface area contributed by atoms with E-state index in [4.69, 9.17) is 9.47 Å². The molecule has 4 rings (SSSR count). The molecule has 1 aliphatic heterocycles. The van der Waals surface area contributed by atoms with Gasteiger partial charge in [-0.1, -0.05) is 54.6 Å². The lowest BCUT2D eigenvalue weighted by Crippen LogP contribution is -2.41. The van der Waals surface area contributed by atoms with Gasteiger partial charge in [0.2, 0.25) is 11.7 Å². The molecule has 192 valence electrons. The lowest BCUT2D eigenvalue weighted by Gasteiger charge is -2.33. The van der Waals surface area contributed by atoms with Crippen LogP contribution in [0, 0.1) is 0 Å². The quantitative estimate of drug-likeness (QED) is 0.428. The molecule has 1 heterocycles. The zero-order valence-electron chi connectivity index (χ0n) is 20.9. The van der Waals surface area contributed by atoms with Gasteiger partial charge in [0.05, 0.1) is 24.8 Å². The number of carbonyl (C=O) groups is 2. The van der Waals surface area contributed by atoms with Crippen molar-refractivity contribution in [3.8, 4) is 11.5 Å². The highest BCUT2D eigenvalue weighted by Gasteiger charge is 2.39. The van der Waals surface area contributed by atoms with Gasteiger partial charge in [-0.15, -0.1) is 0 Å². The number of benzene rings is 3. The van der Waals surface area contributed by atoms with Crippen LogP contribution in [0.25, 0.3) is 5.70 Å². The number of aryl methyl sites for hydroxylation is 1. The number of carbonyl (C=O) groups excluding carboxylic acids is 2. The number of rotatable bonds is 9. The molecule has 0 unspecified atom stereocenters. The summed E-state index contributed by atoms with van der Waals surface area (Å²) in [5.41, 5.74) is 1.57. The van der Waals surface area contributed by atoms with Crippen LogP contribution in [-0.2, 0) is 21.2 Å². The fraction of sp³-hybridized carbons (Fsp3) is 0.214. The van der Waals surface area contributed by atoms with Gasteiger partial charge in [0.1, 0.15) is 5.70 Å². The Morgan fingerprint density at radius 3 is 2.24 bits per heavy atom. The first-order valence-corrected chi connectivity index (χ1v) is 13.2. The van der Waals surface area contributed by atoms with E-state index in [2.05, 4.69) is 5.32 Å². The highest BCUT2D eigenvalue weighted by atomic mass is 32.2. The molecule has 0 radical (unpaired) electrons. The minimum atomic E-state index is -4.00. The van der Waals surface area contributed by atoms with E-state index in [0.717, 1.165) is 9.87 Å². The molecule has 3 aromatic rings. The predicted octanol–water partition coefficient (Wildman–Crippen LogP) is 4.03. The van der Waals surface area contributed by atoms with Crippen LogP contribution in [0.2, 0.25) is 0 Å². The predicted molar refractivity (Wildman–Crippen MR) is 140 cm³/mol. The molecule has 1 amide bonds. The van der Waals surface area contributed by atoms with E-state index < -0.39 is 15.8 Å². The Morgan fingerprint density at radius 2 is 1.57 bits per heavy atom. The van der Waals surface area contributed by atoms with Crippen molar-refractivity contribution in [3.05, 3.63) is 95.2 Å². The fourth-order valence-electron chi connectivity index (χ4n) is 4.29. The van der Waals surface area contributed by atoms with Gasteiger partial charge in [-0.2, -0.15) is 0 Å². The van der Waals surface area contributed by atoms with Gasteiger partial charge in [0.15, 0.2) is 11.5 Å². The number of methoxy groups -OCH3 is 2. The maximum absolute atomic E-state index is 13.6. The lowest BCUT2D eigenvalue weighted by molar-refractivity contribution is -0.119. The first-order chi connectivity index (χ1) is 17.8. The molecule has 3 aromatic carbocycles. The monoisotopic (exact) mass is 520 g/mol. The van der Waals surface area contributed by atoms with Gasteiger partial charge >= 0.3 is 0 Å². The summed E-state index contributed by atoms with van der Waals surface area (Å²) in [7, 11) is -0.904. The average Bonchev–Trinajstić information content (AvgIpc) is 2.93. The maximum atomic E-state index is 13.6. The summed E-state index contributed by atoms with van der Waals surface area (Å²) in [4.78, 5) is 26.8. The highest BCUT2D eigenvalue weighted by molar-refractivity contribution is 7.89. The molecule has 0 saturated carbocycles. The molecular weight excluding hydrogens is 492 g/mol. The fourth-order valence-corrected chi connectivity index (χ4v) is 5.98. The van der Waals surface area contributed by atoms with Crippen molar-refractivity contribution in [3.63, 3.8) is 0 Å². The number of amides is 1. The standard InChI is InChI=1S/C28H28N2O6S/c1-4-30-27(28(32)20-10-6-5-7-11-20)26(21-12-8-9-13-24(21)37(30,33)34)29-25(31)17-15-19-14-16-22(35-2)23(18-19)36-3/h5-14,16,18H,4,15,17H2,1-3H3,(H,29,31). The summed E-state index contributed by atoms with van der Waals surface area (Å²) < 4.78 is 38.5. The highest BCUT2D eigenvalue weighted by Crippen LogP contribution is 2.37. The van der Waals surface area contributed by atoms with Crippen molar-refractivity contribution in [2.45, 2.75) is 24.7 Å². The molecule has 1 aliphatic rings. The Labute approximate surface area is 216 Å². The van der Waals surface area contributed by atoms with Gasteiger partial charge in [0.25, 0.3) is 10.0 Å². The van der Waals surface area contributed by atoms with E-state index in [-0.39, 0.29) is 40.7 Å². The van der Waals surface area contributed by atoms with Gasteiger partial charge < -0.3 is 14.8 Å².